The summed E-state index contributed by atoms with van der Waals surface area (Å²) in [4.78, 5) is 36.4. The average molecular weight is 422 g/mol. The standard InChI is InChI=1S/C24H22O7/c1-3-4-5-9-14-28-21-19-13-12-18(29-16(2)25)15-20(19)30-24(27)22(21)31-23(26)17-10-7-6-8-11-17/h4-8,10-13,15H,3,9,14H2,1-2H3. The number of hydrogen-bond acceptors (Lipinski definition) is 7. The Morgan fingerprint density at radius 3 is 2.48 bits per heavy atom. The number of ether oxygens (including phenoxy) is 3. The predicted molar refractivity (Wildman–Crippen MR) is 115 cm³/mol. The van der Waals surface area contributed by atoms with E-state index in [0.717, 1.165) is 6.42 Å². The van der Waals surface area contributed by atoms with Crippen molar-refractivity contribution in [2.45, 2.75) is 26.7 Å². The van der Waals surface area contributed by atoms with Gasteiger partial charge in [-0.15, -0.1) is 0 Å². The van der Waals surface area contributed by atoms with Crippen LogP contribution in [0.25, 0.3) is 11.0 Å². The molecule has 0 saturated carbocycles. The van der Waals surface area contributed by atoms with Gasteiger partial charge in [0, 0.05) is 13.0 Å². The minimum absolute atomic E-state index is 0.0924. The molecule has 0 fully saturated rings. The third-order valence-electron chi connectivity index (χ3n) is 4.19. The van der Waals surface area contributed by atoms with Gasteiger partial charge < -0.3 is 18.6 Å². The van der Waals surface area contributed by atoms with Gasteiger partial charge in [-0.25, -0.2) is 9.59 Å². The zero-order chi connectivity index (χ0) is 22.2. The van der Waals surface area contributed by atoms with E-state index in [9.17, 15) is 14.4 Å². The summed E-state index contributed by atoms with van der Waals surface area (Å²) in [6, 6.07) is 12.8. The number of fused-ring (bicyclic) bond motifs is 1. The van der Waals surface area contributed by atoms with Crippen LogP contribution in [0.5, 0.6) is 17.2 Å². The molecule has 0 atom stereocenters. The summed E-state index contributed by atoms with van der Waals surface area (Å²) in [6.45, 7) is 3.55. The summed E-state index contributed by atoms with van der Waals surface area (Å²) < 4.78 is 21.6. The number of esters is 2. The Hall–Kier alpha value is -3.87. The number of carbonyl (C=O) groups is 2. The molecule has 0 radical (unpaired) electrons. The molecule has 1 aromatic heterocycles. The van der Waals surface area contributed by atoms with Crippen LogP contribution in [-0.2, 0) is 4.79 Å². The van der Waals surface area contributed by atoms with E-state index < -0.39 is 17.6 Å². The van der Waals surface area contributed by atoms with Gasteiger partial charge in [-0.3, -0.25) is 4.79 Å². The average Bonchev–Trinajstić information content (AvgIpc) is 2.75. The number of benzene rings is 2. The van der Waals surface area contributed by atoms with E-state index in [4.69, 9.17) is 18.6 Å². The number of rotatable bonds is 8. The van der Waals surface area contributed by atoms with Gasteiger partial charge in [0.2, 0.25) is 0 Å². The van der Waals surface area contributed by atoms with E-state index in [1.165, 1.54) is 19.1 Å². The van der Waals surface area contributed by atoms with Gasteiger partial charge in [0.25, 0.3) is 5.75 Å². The van der Waals surface area contributed by atoms with Gasteiger partial charge >= 0.3 is 17.6 Å². The van der Waals surface area contributed by atoms with Gasteiger partial charge in [0.05, 0.1) is 17.6 Å². The van der Waals surface area contributed by atoms with Crippen LogP contribution in [-0.4, -0.2) is 18.5 Å². The van der Waals surface area contributed by atoms with Crippen LogP contribution in [0.1, 0.15) is 37.0 Å². The third-order valence-corrected chi connectivity index (χ3v) is 4.19. The van der Waals surface area contributed by atoms with Crippen molar-refractivity contribution in [1.29, 1.82) is 0 Å². The van der Waals surface area contributed by atoms with Crippen LogP contribution in [0.2, 0.25) is 0 Å². The highest BCUT2D eigenvalue weighted by Gasteiger charge is 2.22. The summed E-state index contributed by atoms with van der Waals surface area (Å²) in [5, 5.41) is 0.408. The Kier molecular flexibility index (Phi) is 7.22. The van der Waals surface area contributed by atoms with Crippen LogP contribution in [0, 0.1) is 0 Å². The van der Waals surface area contributed by atoms with Crippen molar-refractivity contribution in [1.82, 2.24) is 0 Å². The molecule has 0 unspecified atom stereocenters. The van der Waals surface area contributed by atoms with Gasteiger partial charge in [0.1, 0.15) is 11.3 Å². The maximum atomic E-state index is 12.6. The molecule has 0 aliphatic carbocycles. The zero-order valence-corrected chi connectivity index (χ0v) is 17.3. The van der Waals surface area contributed by atoms with E-state index in [-0.39, 0.29) is 35.0 Å². The lowest BCUT2D eigenvalue weighted by molar-refractivity contribution is -0.131. The van der Waals surface area contributed by atoms with Crippen molar-refractivity contribution in [2.75, 3.05) is 6.61 Å². The van der Waals surface area contributed by atoms with Crippen molar-refractivity contribution in [3.8, 4) is 17.2 Å². The summed E-state index contributed by atoms with van der Waals surface area (Å²) in [7, 11) is 0. The third kappa shape index (κ3) is 5.60. The van der Waals surface area contributed by atoms with Crippen molar-refractivity contribution in [3.05, 3.63) is 76.7 Å². The van der Waals surface area contributed by atoms with Crippen LogP contribution in [0.3, 0.4) is 0 Å². The van der Waals surface area contributed by atoms with Crippen molar-refractivity contribution in [2.24, 2.45) is 0 Å². The zero-order valence-electron chi connectivity index (χ0n) is 17.3. The molecular weight excluding hydrogens is 400 g/mol. The molecule has 0 N–H and O–H groups in total. The molecule has 0 saturated heterocycles. The van der Waals surface area contributed by atoms with Crippen LogP contribution >= 0.6 is 0 Å². The van der Waals surface area contributed by atoms with Crippen LogP contribution < -0.4 is 19.8 Å². The minimum Gasteiger partial charge on any atom is -0.488 e. The van der Waals surface area contributed by atoms with E-state index in [2.05, 4.69) is 0 Å². The van der Waals surface area contributed by atoms with Gasteiger partial charge in [0.15, 0.2) is 5.75 Å². The molecule has 160 valence electrons. The Balaban J connectivity index is 2.01. The Morgan fingerprint density at radius 2 is 1.77 bits per heavy atom. The fourth-order valence-corrected chi connectivity index (χ4v) is 2.84. The van der Waals surface area contributed by atoms with E-state index in [1.54, 1.807) is 36.4 Å². The molecule has 2 aromatic carbocycles. The van der Waals surface area contributed by atoms with Gasteiger partial charge in [-0.1, -0.05) is 37.3 Å². The second-order valence-corrected chi connectivity index (χ2v) is 6.57. The van der Waals surface area contributed by atoms with Crippen molar-refractivity contribution < 1.29 is 28.2 Å². The highest BCUT2D eigenvalue weighted by Crippen LogP contribution is 2.35. The summed E-state index contributed by atoms with van der Waals surface area (Å²) in [5.41, 5.74) is -0.456. The Labute approximate surface area is 178 Å². The molecule has 0 aliphatic rings. The first-order valence-electron chi connectivity index (χ1n) is 9.84. The molecule has 3 aromatic rings. The Morgan fingerprint density at radius 1 is 1.00 bits per heavy atom. The maximum Gasteiger partial charge on any atom is 0.383 e. The molecule has 31 heavy (non-hydrogen) atoms. The molecule has 1 heterocycles. The maximum absolute atomic E-state index is 12.6. The van der Waals surface area contributed by atoms with Crippen LogP contribution in [0.4, 0.5) is 0 Å². The first-order chi connectivity index (χ1) is 15.0. The largest absolute Gasteiger partial charge is 0.488 e. The molecule has 0 aliphatic heterocycles. The molecule has 0 bridgehead atoms. The molecule has 0 spiro atoms. The molecular formula is C24H22O7. The monoisotopic (exact) mass is 422 g/mol. The van der Waals surface area contributed by atoms with Gasteiger partial charge in [-0.2, -0.15) is 0 Å². The lowest BCUT2D eigenvalue weighted by atomic mass is 10.2. The number of allylic oxidation sites excluding steroid dienone is 1. The highest BCUT2D eigenvalue weighted by molar-refractivity contribution is 5.93. The van der Waals surface area contributed by atoms with E-state index in [1.807, 2.05) is 19.1 Å². The molecule has 7 nitrogen and oxygen atoms in total. The predicted octanol–water partition coefficient (Wildman–Crippen LogP) is 4.67. The fraction of sp³-hybridized carbons (Fsp3) is 0.208. The van der Waals surface area contributed by atoms with Crippen molar-refractivity contribution >= 4 is 22.9 Å². The SMILES string of the molecule is CCC=CCCOc1c(OC(=O)c2ccccc2)c(=O)oc2cc(OC(C)=O)ccc12. The lowest BCUT2D eigenvalue weighted by Gasteiger charge is -2.13. The minimum atomic E-state index is -0.879. The van der Waals surface area contributed by atoms with E-state index in [0.29, 0.717) is 11.8 Å². The quantitative estimate of drug-likeness (QED) is 0.171. The number of carbonyl (C=O) groups excluding carboxylic acids is 2. The summed E-state index contributed by atoms with van der Waals surface area (Å²) >= 11 is 0. The first-order valence-corrected chi connectivity index (χ1v) is 9.84. The van der Waals surface area contributed by atoms with Gasteiger partial charge in [-0.05, 0) is 37.1 Å². The van der Waals surface area contributed by atoms with Crippen LogP contribution in [0.15, 0.2) is 69.9 Å². The summed E-state index contributed by atoms with van der Waals surface area (Å²) in [5.74, 6) is -1.24. The topological polar surface area (TPSA) is 92.0 Å². The van der Waals surface area contributed by atoms with Crippen molar-refractivity contribution in [3.63, 3.8) is 0 Å². The second-order valence-electron chi connectivity index (χ2n) is 6.57. The molecule has 3 rings (SSSR count). The first kappa shape index (κ1) is 21.8. The lowest BCUT2D eigenvalue weighted by Crippen LogP contribution is -2.16. The molecule has 0 amide bonds. The summed E-state index contributed by atoms with van der Waals surface area (Å²) in [6.07, 6.45) is 5.47. The Bertz CT molecular complexity index is 1160. The smallest absolute Gasteiger partial charge is 0.383 e. The highest BCUT2D eigenvalue weighted by atomic mass is 16.6. The van der Waals surface area contributed by atoms with E-state index >= 15 is 0 Å². The second kappa shape index (κ2) is 10.2. The normalized spacial score (nSPS) is 10.9. The number of hydrogen-bond donors (Lipinski definition) is 0. The molecule has 7 heteroatoms. The fourth-order valence-electron chi connectivity index (χ4n) is 2.84.